The molecule has 0 saturated heterocycles. The second-order valence-corrected chi connectivity index (χ2v) is 4.85. The molecule has 90 valence electrons. The number of carbonyl (C=O) groups excluding carboxylic acids is 1. The average Bonchev–Trinajstić information content (AvgIpc) is 2.39. The van der Waals surface area contributed by atoms with Crippen LogP contribution in [-0.2, 0) is 10.2 Å². The summed E-state index contributed by atoms with van der Waals surface area (Å²) < 4.78 is 5.31. The molecular weight excluding hydrogens is 224 g/mol. The van der Waals surface area contributed by atoms with Gasteiger partial charge < -0.3 is 4.74 Å². The molecule has 0 amide bonds. The Morgan fingerprint density at radius 3 is 2.44 bits per heavy atom. The summed E-state index contributed by atoms with van der Waals surface area (Å²) in [6, 6.07) is 17.9. The van der Waals surface area contributed by atoms with Gasteiger partial charge in [0.2, 0.25) is 0 Å². The molecule has 0 fully saturated rings. The number of fused-ring (bicyclic) bond motifs is 1. The van der Waals surface area contributed by atoms with Crippen LogP contribution in [0.1, 0.15) is 24.5 Å². The Balaban J connectivity index is 2.21. The number of benzene rings is 2. The highest BCUT2D eigenvalue weighted by molar-refractivity contribution is 5.79. The van der Waals surface area contributed by atoms with Gasteiger partial charge in [-0.2, -0.15) is 0 Å². The summed E-state index contributed by atoms with van der Waals surface area (Å²) in [5, 5.41) is 0. The number of esters is 1. The molecule has 1 heterocycles. The van der Waals surface area contributed by atoms with Crippen molar-refractivity contribution < 1.29 is 9.53 Å². The van der Waals surface area contributed by atoms with Crippen LogP contribution < -0.4 is 4.74 Å². The molecule has 2 nitrogen and oxygen atoms in total. The normalized spacial score (nSPS) is 22.2. The topological polar surface area (TPSA) is 26.3 Å². The first-order valence-corrected chi connectivity index (χ1v) is 6.06. The Morgan fingerprint density at radius 1 is 1.00 bits per heavy atom. The van der Waals surface area contributed by atoms with Crippen LogP contribution >= 0.6 is 0 Å². The van der Waals surface area contributed by atoms with Crippen molar-refractivity contribution in [3.8, 4) is 5.75 Å². The molecule has 0 aliphatic carbocycles. The summed E-state index contributed by atoms with van der Waals surface area (Å²) in [6.07, 6.45) is 0.383. The predicted octanol–water partition coefficient (Wildman–Crippen LogP) is 3.30. The largest absolute Gasteiger partial charge is 0.426 e. The van der Waals surface area contributed by atoms with Gasteiger partial charge in [-0.15, -0.1) is 0 Å². The third-order valence-corrected chi connectivity index (χ3v) is 3.61. The molecule has 2 aromatic rings. The molecule has 0 bridgehead atoms. The zero-order valence-corrected chi connectivity index (χ0v) is 10.2. The molecule has 2 aromatic carbocycles. The minimum atomic E-state index is -0.298. The first-order chi connectivity index (χ1) is 8.70. The lowest BCUT2D eigenvalue weighted by molar-refractivity contribution is -0.136. The summed E-state index contributed by atoms with van der Waals surface area (Å²) in [6.45, 7) is 2.10. The van der Waals surface area contributed by atoms with Crippen molar-refractivity contribution in [2.24, 2.45) is 0 Å². The SMILES string of the molecule is C[C@@]1(c2ccccc2)CC(=O)Oc2ccccc21. The van der Waals surface area contributed by atoms with Gasteiger partial charge in [0.1, 0.15) is 5.75 Å². The van der Waals surface area contributed by atoms with Crippen molar-refractivity contribution in [2.75, 3.05) is 0 Å². The average molecular weight is 238 g/mol. The Labute approximate surface area is 106 Å². The quantitative estimate of drug-likeness (QED) is 0.563. The van der Waals surface area contributed by atoms with E-state index in [0.29, 0.717) is 12.2 Å². The molecule has 0 N–H and O–H groups in total. The Kier molecular flexibility index (Phi) is 2.44. The maximum absolute atomic E-state index is 11.8. The first-order valence-electron chi connectivity index (χ1n) is 6.06. The van der Waals surface area contributed by atoms with E-state index in [1.54, 1.807) is 0 Å². The molecule has 0 radical (unpaired) electrons. The molecule has 1 aliphatic rings. The van der Waals surface area contributed by atoms with Gasteiger partial charge in [0.25, 0.3) is 0 Å². The second kappa shape index (κ2) is 3.98. The van der Waals surface area contributed by atoms with Gasteiger partial charge in [0, 0.05) is 11.0 Å². The molecule has 1 atom stereocenters. The summed E-state index contributed by atoms with van der Waals surface area (Å²) in [4.78, 5) is 11.8. The lowest BCUT2D eigenvalue weighted by atomic mass is 9.72. The van der Waals surface area contributed by atoms with Gasteiger partial charge in [0.15, 0.2) is 0 Å². The van der Waals surface area contributed by atoms with Gasteiger partial charge in [-0.05, 0) is 11.6 Å². The van der Waals surface area contributed by atoms with Crippen molar-refractivity contribution in [3.05, 3.63) is 65.7 Å². The number of hydrogen-bond donors (Lipinski definition) is 0. The monoisotopic (exact) mass is 238 g/mol. The van der Waals surface area contributed by atoms with Crippen molar-refractivity contribution in [1.29, 1.82) is 0 Å². The maximum Gasteiger partial charge on any atom is 0.312 e. The van der Waals surface area contributed by atoms with Crippen molar-refractivity contribution in [2.45, 2.75) is 18.8 Å². The van der Waals surface area contributed by atoms with E-state index in [4.69, 9.17) is 4.74 Å². The standard InChI is InChI=1S/C16H14O2/c1-16(12-7-3-2-4-8-12)11-15(17)18-14-10-6-5-9-13(14)16/h2-10H,11H2,1H3/t16-/m0/s1. The molecule has 0 aromatic heterocycles. The minimum absolute atomic E-state index is 0.167. The van der Waals surface area contributed by atoms with Gasteiger partial charge >= 0.3 is 5.97 Å². The number of ether oxygens (including phenoxy) is 1. The van der Waals surface area contributed by atoms with Crippen molar-refractivity contribution >= 4 is 5.97 Å². The van der Waals surface area contributed by atoms with E-state index >= 15 is 0 Å². The minimum Gasteiger partial charge on any atom is -0.426 e. The summed E-state index contributed by atoms with van der Waals surface area (Å²) >= 11 is 0. The van der Waals surface area contributed by atoms with E-state index in [2.05, 4.69) is 19.1 Å². The zero-order valence-electron chi connectivity index (χ0n) is 10.2. The molecular formula is C16H14O2. The van der Waals surface area contributed by atoms with Crippen LogP contribution in [0.3, 0.4) is 0 Å². The van der Waals surface area contributed by atoms with Crippen molar-refractivity contribution in [1.82, 2.24) is 0 Å². The Hall–Kier alpha value is -2.09. The highest BCUT2D eigenvalue weighted by Gasteiger charge is 2.38. The molecule has 0 unspecified atom stereocenters. The lowest BCUT2D eigenvalue weighted by Gasteiger charge is -2.34. The van der Waals surface area contributed by atoms with E-state index in [0.717, 1.165) is 11.1 Å². The molecule has 0 saturated carbocycles. The number of rotatable bonds is 1. The first kappa shape index (κ1) is 11.0. The Bertz CT molecular complexity index is 589. The Morgan fingerprint density at radius 2 is 1.67 bits per heavy atom. The van der Waals surface area contributed by atoms with Gasteiger partial charge in [-0.1, -0.05) is 55.5 Å². The van der Waals surface area contributed by atoms with Gasteiger partial charge in [-0.25, -0.2) is 0 Å². The molecule has 1 aliphatic heterocycles. The van der Waals surface area contributed by atoms with Crippen LogP contribution in [0.5, 0.6) is 5.75 Å². The van der Waals surface area contributed by atoms with Gasteiger partial charge in [-0.3, -0.25) is 4.79 Å². The summed E-state index contributed by atoms with van der Waals surface area (Å²) in [7, 11) is 0. The second-order valence-electron chi connectivity index (χ2n) is 4.85. The van der Waals surface area contributed by atoms with Crippen LogP contribution in [0.4, 0.5) is 0 Å². The van der Waals surface area contributed by atoms with Crippen LogP contribution in [-0.4, -0.2) is 5.97 Å². The predicted molar refractivity (Wildman–Crippen MR) is 69.6 cm³/mol. The zero-order chi connectivity index (χ0) is 12.6. The lowest BCUT2D eigenvalue weighted by Crippen LogP contribution is -2.34. The fourth-order valence-corrected chi connectivity index (χ4v) is 2.62. The fourth-order valence-electron chi connectivity index (χ4n) is 2.62. The van der Waals surface area contributed by atoms with E-state index in [-0.39, 0.29) is 11.4 Å². The summed E-state index contributed by atoms with van der Waals surface area (Å²) in [5.41, 5.74) is 1.93. The highest BCUT2D eigenvalue weighted by Crippen LogP contribution is 2.43. The van der Waals surface area contributed by atoms with Gasteiger partial charge in [0.05, 0.1) is 6.42 Å². The highest BCUT2D eigenvalue weighted by atomic mass is 16.5. The third-order valence-electron chi connectivity index (χ3n) is 3.61. The molecule has 0 spiro atoms. The third kappa shape index (κ3) is 1.61. The molecule has 18 heavy (non-hydrogen) atoms. The molecule has 2 heteroatoms. The number of carbonyl (C=O) groups is 1. The van der Waals surface area contributed by atoms with Crippen LogP contribution in [0, 0.1) is 0 Å². The van der Waals surface area contributed by atoms with E-state index in [9.17, 15) is 4.79 Å². The summed E-state index contributed by atoms with van der Waals surface area (Å²) in [5.74, 6) is 0.514. The van der Waals surface area contributed by atoms with E-state index in [1.807, 2.05) is 42.5 Å². The van der Waals surface area contributed by atoms with Crippen LogP contribution in [0.2, 0.25) is 0 Å². The van der Waals surface area contributed by atoms with Crippen LogP contribution in [0.25, 0.3) is 0 Å². The number of hydrogen-bond acceptors (Lipinski definition) is 2. The molecule has 3 rings (SSSR count). The fraction of sp³-hybridized carbons (Fsp3) is 0.188. The maximum atomic E-state index is 11.8. The number of para-hydroxylation sites is 1. The van der Waals surface area contributed by atoms with E-state index in [1.165, 1.54) is 0 Å². The van der Waals surface area contributed by atoms with Crippen molar-refractivity contribution in [3.63, 3.8) is 0 Å². The van der Waals surface area contributed by atoms with E-state index < -0.39 is 0 Å². The smallest absolute Gasteiger partial charge is 0.312 e. The van der Waals surface area contributed by atoms with Crippen LogP contribution in [0.15, 0.2) is 54.6 Å².